The second-order valence-corrected chi connectivity index (χ2v) is 5.76. The van der Waals surface area contributed by atoms with Crippen molar-refractivity contribution in [3.63, 3.8) is 0 Å². The molecule has 4 heteroatoms. The smallest absolute Gasteiger partial charge is 0.225 e. The van der Waals surface area contributed by atoms with Gasteiger partial charge in [0, 0.05) is 31.9 Å². The summed E-state index contributed by atoms with van der Waals surface area (Å²) in [6, 6.07) is 2.28. The SMILES string of the molecule is N#CCC1CCCN(c2ncc(C3CCC3)cn2)C1. The Hall–Kier alpha value is -1.63. The van der Waals surface area contributed by atoms with E-state index in [0.717, 1.165) is 31.9 Å². The molecule has 1 aliphatic heterocycles. The lowest BCUT2D eigenvalue weighted by atomic mass is 9.81. The Kier molecular flexibility index (Phi) is 3.63. The summed E-state index contributed by atoms with van der Waals surface area (Å²) in [5.41, 5.74) is 1.29. The van der Waals surface area contributed by atoms with E-state index in [2.05, 4.69) is 20.9 Å². The lowest BCUT2D eigenvalue weighted by Gasteiger charge is -2.32. The topological polar surface area (TPSA) is 52.8 Å². The first-order chi connectivity index (χ1) is 9.36. The van der Waals surface area contributed by atoms with Gasteiger partial charge in [-0.2, -0.15) is 5.26 Å². The highest BCUT2D eigenvalue weighted by Crippen LogP contribution is 2.35. The predicted octanol–water partition coefficient (Wildman–Crippen LogP) is 2.87. The van der Waals surface area contributed by atoms with Gasteiger partial charge in [0.05, 0.1) is 6.07 Å². The molecule has 1 aliphatic carbocycles. The Bertz CT molecular complexity index is 458. The number of rotatable bonds is 3. The molecule has 1 saturated carbocycles. The van der Waals surface area contributed by atoms with Crippen molar-refractivity contribution in [3.05, 3.63) is 18.0 Å². The van der Waals surface area contributed by atoms with Gasteiger partial charge in [-0.25, -0.2) is 9.97 Å². The van der Waals surface area contributed by atoms with Gasteiger partial charge in [0.25, 0.3) is 0 Å². The summed E-state index contributed by atoms with van der Waals surface area (Å²) in [4.78, 5) is 11.3. The fraction of sp³-hybridized carbons (Fsp3) is 0.667. The fourth-order valence-electron chi connectivity index (χ4n) is 2.99. The Morgan fingerprint density at radius 1 is 1.21 bits per heavy atom. The molecule has 0 radical (unpaired) electrons. The quantitative estimate of drug-likeness (QED) is 0.834. The monoisotopic (exact) mass is 256 g/mol. The van der Waals surface area contributed by atoms with Crippen LogP contribution in [0.15, 0.2) is 12.4 Å². The Morgan fingerprint density at radius 2 is 2.00 bits per heavy atom. The van der Waals surface area contributed by atoms with Crippen LogP contribution in [0.3, 0.4) is 0 Å². The molecule has 0 aromatic carbocycles. The number of hydrogen-bond donors (Lipinski definition) is 0. The Morgan fingerprint density at radius 3 is 2.63 bits per heavy atom. The highest BCUT2D eigenvalue weighted by atomic mass is 15.2. The number of hydrogen-bond acceptors (Lipinski definition) is 4. The normalized spacial score (nSPS) is 23.7. The third-order valence-electron chi connectivity index (χ3n) is 4.42. The van der Waals surface area contributed by atoms with Crippen LogP contribution in [-0.2, 0) is 0 Å². The van der Waals surface area contributed by atoms with Crippen LogP contribution >= 0.6 is 0 Å². The number of aromatic nitrogens is 2. The molecule has 2 heterocycles. The highest BCUT2D eigenvalue weighted by molar-refractivity contribution is 5.31. The minimum absolute atomic E-state index is 0.480. The number of piperidine rings is 1. The van der Waals surface area contributed by atoms with E-state index in [9.17, 15) is 0 Å². The maximum atomic E-state index is 8.81. The first-order valence-corrected chi connectivity index (χ1v) is 7.30. The van der Waals surface area contributed by atoms with E-state index in [-0.39, 0.29) is 0 Å². The van der Waals surface area contributed by atoms with Gasteiger partial charge in [-0.3, -0.25) is 0 Å². The predicted molar refractivity (Wildman–Crippen MR) is 73.8 cm³/mol. The van der Waals surface area contributed by atoms with Gasteiger partial charge in [-0.15, -0.1) is 0 Å². The molecular formula is C15H20N4. The Labute approximate surface area is 114 Å². The van der Waals surface area contributed by atoms with Crippen molar-refractivity contribution in [3.8, 4) is 6.07 Å². The molecule has 2 aliphatic rings. The van der Waals surface area contributed by atoms with Crippen molar-refractivity contribution in [1.29, 1.82) is 5.26 Å². The van der Waals surface area contributed by atoms with Gasteiger partial charge in [0.1, 0.15) is 0 Å². The standard InChI is InChI=1S/C15H20N4/c16-7-6-12-3-2-8-19(11-12)15-17-9-14(10-18-15)13-4-1-5-13/h9-10,12-13H,1-6,8,11H2. The lowest BCUT2D eigenvalue weighted by Crippen LogP contribution is -2.36. The fourth-order valence-corrected chi connectivity index (χ4v) is 2.99. The highest BCUT2D eigenvalue weighted by Gasteiger charge is 2.23. The van der Waals surface area contributed by atoms with Crippen LogP contribution in [0.1, 0.15) is 50.0 Å². The minimum atomic E-state index is 0.480. The summed E-state index contributed by atoms with van der Waals surface area (Å²) in [6.07, 6.45) is 10.9. The average molecular weight is 256 g/mol. The van der Waals surface area contributed by atoms with Crippen molar-refractivity contribution in [1.82, 2.24) is 9.97 Å². The van der Waals surface area contributed by atoms with Gasteiger partial charge in [0.15, 0.2) is 0 Å². The lowest BCUT2D eigenvalue weighted by molar-refractivity contribution is 0.412. The molecule has 1 atom stereocenters. The van der Waals surface area contributed by atoms with Crippen LogP contribution in [0.25, 0.3) is 0 Å². The van der Waals surface area contributed by atoms with Crippen molar-refractivity contribution in [2.24, 2.45) is 5.92 Å². The third-order valence-corrected chi connectivity index (χ3v) is 4.42. The molecule has 19 heavy (non-hydrogen) atoms. The first-order valence-electron chi connectivity index (χ1n) is 7.30. The van der Waals surface area contributed by atoms with Crippen molar-refractivity contribution in [2.75, 3.05) is 18.0 Å². The van der Waals surface area contributed by atoms with Crippen LogP contribution in [-0.4, -0.2) is 23.1 Å². The molecule has 0 bridgehead atoms. The molecular weight excluding hydrogens is 236 g/mol. The number of nitrogens with zero attached hydrogens (tertiary/aromatic N) is 4. The first kappa shape index (κ1) is 12.4. The summed E-state index contributed by atoms with van der Waals surface area (Å²) >= 11 is 0. The van der Waals surface area contributed by atoms with Crippen molar-refractivity contribution < 1.29 is 0 Å². The molecule has 0 spiro atoms. The van der Waals surface area contributed by atoms with Crippen LogP contribution in [0, 0.1) is 17.2 Å². The summed E-state index contributed by atoms with van der Waals surface area (Å²) in [5.74, 6) is 2.01. The molecule has 1 unspecified atom stereocenters. The van der Waals surface area contributed by atoms with Gasteiger partial charge in [-0.1, -0.05) is 6.42 Å². The average Bonchev–Trinajstić information content (AvgIpc) is 2.38. The van der Waals surface area contributed by atoms with E-state index >= 15 is 0 Å². The molecule has 1 aromatic rings. The van der Waals surface area contributed by atoms with Crippen LogP contribution in [0.4, 0.5) is 5.95 Å². The van der Waals surface area contributed by atoms with Crippen LogP contribution < -0.4 is 4.90 Å². The number of anilines is 1. The van der Waals surface area contributed by atoms with Gasteiger partial charge >= 0.3 is 0 Å². The maximum absolute atomic E-state index is 8.81. The van der Waals surface area contributed by atoms with E-state index in [1.807, 2.05) is 12.4 Å². The molecule has 2 fully saturated rings. The zero-order valence-corrected chi connectivity index (χ0v) is 11.3. The van der Waals surface area contributed by atoms with E-state index in [4.69, 9.17) is 5.26 Å². The van der Waals surface area contributed by atoms with Gasteiger partial charge < -0.3 is 4.90 Å². The molecule has 4 nitrogen and oxygen atoms in total. The number of nitriles is 1. The molecule has 1 saturated heterocycles. The molecule has 0 amide bonds. The largest absolute Gasteiger partial charge is 0.341 e. The second kappa shape index (κ2) is 5.56. The summed E-state index contributed by atoms with van der Waals surface area (Å²) < 4.78 is 0. The molecule has 0 N–H and O–H groups in total. The van der Waals surface area contributed by atoms with E-state index in [0.29, 0.717) is 18.3 Å². The Balaban J connectivity index is 1.66. The zero-order chi connectivity index (χ0) is 13.1. The zero-order valence-electron chi connectivity index (χ0n) is 11.3. The molecule has 100 valence electrons. The summed E-state index contributed by atoms with van der Waals surface area (Å²) in [6.45, 7) is 1.95. The maximum Gasteiger partial charge on any atom is 0.225 e. The van der Waals surface area contributed by atoms with Gasteiger partial charge in [0.2, 0.25) is 5.95 Å². The minimum Gasteiger partial charge on any atom is -0.341 e. The van der Waals surface area contributed by atoms with E-state index in [1.165, 1.54) is 24.8 Å². The van der Waals surface area contributed by atoms with Crippen molar-refractivity contribution >= 4 is 5.95 Å². The molecule has 1 aromatic heterocycles. The van der Waals surface area contributed by atoms with Gasteiger partial charge in [-0.05, 0) is 43.1 Å². The van der Waals surface area contributed by atoms with Crippen LogP contribution in [0.5, 0.6) is 0 Å². The summed E-state index contributed by atoms with van der Waals surface area (Å²) in [5, 5.41) is 8.81. The second-order valence-electron chi connectivity index (χ2n) is 5.76. The van der Waals surface area contributed by atoms with Crippen molar-refractivity contribution in [2.45, 2.75) is 44.4 Å². The molecule has 3 rings (SSSR count). The van der Waals surface area contributed by atoms with E-state index in [1.54, 1.807) is 0 Å². The van der Waals surface area contributed by atoms with E-state index < -0.39 is 0 Å². The van der Waals surface area contributed by atoms with Crippen LogP contribution in [0.2, 0.25) is 0 Å². The third kappa shape index (κ3) is 2.70. The summed E-state index contributed by atoms with van der Waals surface area (Å²) in [7, 11) is 0.